The highest BCUT2D eigenvalue weighted by Gasteiger charge is 2.27. The summed E-state index contributed by atoms with van der Waals surface area (Å²) in [5.41, 5.74) is 1.38. The summed E-state index contributed by atoms with van der Waals surface area (Å²) in [7, 11) is 1.48. The van der Waals surface area contributed by atoms with Gasteiger partial charge >= 0.3 is 5.97 Å². The van der Waals surface area contributed by atoms with Crippen molar-refractivity contribution in [2.75, 3.05) is 7.11 Å². The Morgan fingerprint density at radius 1 is 1.17 bits per heavy atom. The molecule has 1 aliphatic rings. The fraction of sp³-hybridized carbons (Fsp3) is 0.562. The molecule has 2 nitrogen and oxygen atoms in total. The molecule has 0 saturated heterocycles. The van der Waals surface area contributed by atoms with Crippen LogP contribution in [0.4, 0.5) is 0 Å². The molecule has 2 unspecified atom stereocenters. The smallest absolute Gasteiger partial charge is 0.305 e. The molecule has 0 bridgehead atoms. The maximum absolute atomic E-state index is 11.5. The van der Waals surface area contributed by atoms with Gasteiger partial charge in [-0.15, -0.1) is 0 Å². The van der Waals surface area contributed by atoms with Crippen LogP contribution < -0.4 is 0 Å². The Morgan fingerprint density at radius 2 is 1.89 bits per heavy atom. The highest BCUT2D eigenvalue weighted by Crippen LogP contribution is 2.38. The molecule has 1 saturated carbocycles. The van der Waals surface area contributed by atoms with Gasteiger partial charge in [0.1, 0.15) is 0 Å². The lowest BCUT2D eigenvalue weighted by atomic mass is 9.80. The van der Waals surface area contributed by atoms with Gasteiger partial charge in [-0.25, -0.2) is 0 Å². The number of methoxy groups -OCH3 is 1. The second kappa shape index (κ2) is 6.58. The summed E-state index contributed by atoms with van der Waals surface area (Å²) in [6.45, 7) is 0. The largest absolute Gasteiger partial charge is 0.469 e. The van der Waals surface area contributed by atoms with Crippen LogP contribution in [-0.2, 0) is 9.53 Å². The first-order valence-electron chi connectivity index (χ1n) is 6.93. The molecule has 1 aromatic carbocycles. The molecule has 1 fully saturated rings. The van der Waals surface area contributed by atoms with Gasteiger partial charge in [0.2, 0.25) is 0 Å². The average molecular weight is 246 g/mol. The zero-order valence-corrected chi connectivity index (χ0v) is 11.1. The minimum Gasteiger partial charge on any atom is -0.469 e. The average Bonchev–Trinajstić information content (AvgIpc) is 2.65. The topological polar surface area (TPSA) is 26.3 Å². The van der Waals surface area contributed by atoms with Crippen LogP contribution in [0, 0.1) is 5.92 Å². The first kappa shape index (κ1) is 13.1. The third-order valence-corrected chi connectivity index (χ3v) is 4.04. The highest BCUT2D eigenvalue weighted by atomic mass is 16.5. The Labute approximate surface area is 109 Å². The number of esters is 1. The molecule has 2 atom stereocenters. The zero-order chi connectivity index (χ0) is 12.8. The van der Waals surface area contributed by atoms with Crippen LogP contribution in [0.1, 0.15) is 50.0 Å². The summed E-state index contributed by atoms with van der Waals surface area (Å²) in [6, 6.07) is 10.6. The highest BCUT2D eigenvalue weighted by molar-refractivity contribution is 5.69. The van der Waals surface area contributed by atoms with Crippen molar-refractivity contribution >= 4 is 5.97 Å². The quantitative estimate of drug-likeness (QED) is 0.597. The fourth-order valence-corrected chi connectivity index (χ4v) is 3.07. The third kappa shape index (κ3) is 3.34. The molecular weight excluding hydrogens is 224 g/mol. The molecule has 0 amide bonds. The number of hydrogen-bond donors (Lipinski definition) is 0. The molecule has 98 valence electrons. The molecule has 0 heterocycles. The van der Waals surface area contributed by atoms with E-state index >= 15 is 0 Å². The van der Waals surface area contributed by atoms with Gasteiger partial charge in [-0.2, -0.15) is 0 Å². The first-order valence-corrected chi connectivity index (χ1v) is 6.93. The van der Waals surface area contributed by atoms with Crippen molar-refractivity contribution in [1.82, 2.24) is 0 Å². The van der Waals surface area contributed by atoms with E-state index in [1.54, 1.807) is 0 Å². The van der Waals surface area contributed by atoms with Crippen molar-refractivity contribution in [2.24, 2.45) is 5.92 Å². The van der Waals surface area contributed by atoms with Crippen LogP contribution in [0.15, 0.2) is 30.3 Å². The molecule has 2 rings (SSSR count). The van der Waals surface area contributed by atoms with Gasteiger partial charge in [-0.3, -0.25) is 4.79 Å². The fourth-order valence-electron chi connectivity index (χ4n) is 3.07. The van der Waals surface area contributed by atoms with Gasteiger partial charge in [0, 0.05) is 6.42 Å². The van der Waals surface area contributed by atoms with E-state index in [9.17, 15) is 4.79 Å². The van der Waals surface area contributed by atoms with E-state index in [-0.39, 0.29) is 5.97 Å². The number of rotatable bonds is 3. The van der Waals surface area contributed by atoms with E-state index in [0.717, 1.165) is 6.42 Å². The van der Waals surface area contributed by atoms with Crippen molar-refractivity contribution in [1.29, 1.82) is 0 Å². The molecule has 2 heteroatoms. The summed E-state index contributed by atoms with van der Waals surface area (Å²) >= 11 is 0. The number of carbonyl (C=O) groups is 1. The van der Waals surface area contributed by atoms with E-state index in [1.807, 2.05) is 0 Å². The standard InChI is InChI=1S/C16H22O2/c1-18-16(17)12-14-10-6-3-7-11-15(14)13-8-4-2-5-9-13/h2,4-5,8-9,14-15H,3,6-7,10-12H2,1H3. The van der Waals surface area contributed by atoms with Crippen LogP contribution >= 0.6 is 0 Å². The summed E-state index contributed by atoms with van der Waals surface area (Å²) < 4.78 is 4.84. The Hall–Kier alpha value is -1.31. The van der Waals surface area contributed by atoms with Crippen LogP contribution in [-0.4, -0.2) is 13.1 Å². The van der Waals surface area contributed by atoms with E-state index in [4.69, 9.17) is 4.74 Å². The van der Waals surface area contributed by atoms with E-state index < -0.39 is 0 Å². The van der Waals surface area contributed by atoms with Crippen molar-refractivity contribution in [2.45, 2.75) is 44.4 Å². The predicted octanol–water partition coefficient (Wildman–Crippen LogP) is 3.91. The number of benzene rings is 1. The zero-order valence-electron chi connectivity index (χ0n) is 11.1. The summed E-state index contributed by atoms with van der Waals surface area (Å²) in [4.78, 5) is 11.5. The summed E-state index contributed by atoms with van der Waals surface area (Å²) in [5.74, 6) is 0.901. The molecule has 1 aromatic rings. The van der Waals surface area contributed by atoms with Gasteiger partial charge in [0.25, 0.3) is 0 Å². The molecule has 1 aliphatic carbocycles. The molecule has 0 spiro atoms. The van der Waals surface area contributed by atoms with Crippen LogP contribution in [0.2, 0.25) is 0 Å². The lowest BCUT2D eigenvalue weighted by molar-refractivity contribution is -0.142. The third-order valence-electron chi connectivity index (χ3n) is 4.04. The SMILES string of the molecule is COC(=O)CC1CCCCCC1c1ccccc1. The van der Waals surface area contributed by atoms with Crippen molar-refractivity contribution in [3.63, 3.8) is 0 Å². The Balaban J connectivity index is 2.14. The molecule has 0 N–H and O–H groups in total. The molecule has 0 aliphatic heterocycles. The molecule has 0 radical (unpaired) electrons. The van der Waals surface area contributed by atoms with Crippen LogP contribution in [0.3, 0.4) is 0 Å². The maximum Gasteiger partial charge on any atom is 0.305 e. The normalized spacial score (nSPS) is 24.3. The number of ether oxygens (including phenoxy) is 1. The van der Waals surface area contributed by atoms with Gasteiger partial charge in [0.15, 0.2) is 0 Å². The van der Waals surface area contributed by atoms with Gasteiger partial charge in [-0.1, -0.05) is 49.6 Å². The second-order valence-corrected chi connectivity index (χ2v) is 5.20. The van der Waals surface area contributed by atoms with Crippen molar-refractivity contribution in [3.05, 3.63) is 35.9 Å². The van der Waals surface area contributed by atoms with E-state index in [2.05, 4.69) is 30.3 Å². The predicted molar refractivity (Wildman–Crippen MR) is 72.4 cm³/mol. The van der Waals surface area contributed by atoms with Crippen molar-refractivity contribution in [3.8, 4) is 0 Å². The minimum absolute atomic E-state index is 0.0668. The molecule has 0 aromatic heterocycles. The van der Waals surface area contributed by atoms with E-state index in [1.165, 1.54) is 38.4 Å². The molecular formula is C16H22O2. The Bertz CT molecular complexity index is 372. The maximum atomic E-state index is 11.5. The first-order chi connectivity index (χ1) is 8.81. The minimum atomic E-state index is -0.0668. The number of hydrogen-bond acceptors (Lipinski definition) is 2. The van der Waals surface area contributed by atoms with Gasteiger partial charge < -0.3 is 4.74 Å². The summed E-state index contributed by atoms with van der Waals surface area (Å²) in [5, 5.41) is 0. The Morgan fingerprint density at radius 3 is 2.61 bits per heavy atom. The monoisotopic (exact) mass is 246 g/mol. The Kier molecular flexibility index (Phi) is 4.80. The lowest BCUT2D eigenvalue weighted by Gasteiger charge is -2.24. The van der Waals surface area contributed by atoms with E-state index in [0.29, 0.717) is 18.3 Å². The lowest BCUT2D eigenvalue weighted by Crippen LogP contribution is -2.17. The summed E-state index contributed by atoms with van der Waals surface area (Å²) in [6.07, 6.45) is 6.72. The van der Waals surface area contributed by atoms with Crippen molar-refractivity contribution < 1.29 is 9.53 Å². The van der Waals surface area contributed by atoms with Crippen LogP contribution in [0.5, 0.6) is 0 Å². The number of carbonyl (C=O) groups excluding carboxylic acids is 1. The second-order valence-electron chi connectivity index (χ2n) is 5.20. The molecule has 18 heavy (non-hydrogen) atoms. The van der Waals surface area contributed by atoms with Gasteiger partial charge in [-0.05, 0) is 30.2 Å². The van der Waals surface area contributed by atoms with Crippen LogP contribution in [0.25, 0.3) is 0 Å². The van der Waals surface area contributed by atoms with Gasteiger partial charge in [0.05, 0.1) is 7.11 Å².